The van der Waals surface area contributed by atoms with Gasteiger partial charge in [0.15, 0.2) is 0 Å². The van der Waals surface area contributed by atoms with E-state index in [0.29, 0.717) is 0 Å². The third-order valence-electron chi connectivity index (χ3n) is 5.35. The van der Waals surface area contributed by atoms with Gasteiger partial charge in [0.1, 0.15) is 0 Å². The van der Waals surface area contributed by atoms with E-state index in [4.69, 9.17) is 5.73 Å². The molecule has 3 N–H and O–H groups in total. The topological polar surface area (TPSA) is 75.4 Å². The molecule has 6 heteroatoms. The average molecular weight is 366 g/mol. The first-order valence-electron chi connectivity index (χ1n) is 8.95. The summed E-state index contributed by atoms with van der Waals surface area (Å²) < 4.78 is 0. The molecule has 2 amide bonds. The second-order valence-electron chi connectivity index (χ2n) is 7.16. The maximum atomic E-state index is 12.5. The zero-order valence-electron chi connectivity index (χ0n) is 14.7. The highest BCUT2D eigenvalue weighted by atomic mass is 35.5. The minimum atomic E-state index is -0.0142. The molecule has 2 aliphatic rings. The number of likely N-dealkylation sites (tertiary alicyclic amines) is 1. The number of halogens is 1. The fourth-order valence-electron chi connectivity index (χ4n) is 3.83. The molecule has 1 saturated carbocycles. The van der Waals surface area contributed by atoms with Crippen molar-refractivity contribution in [1.29, 1.82) is 0 Å². The van der Waals surface area contributed by atoms with Gasteiger partial charge in [0.2, 0.25) is 5.91 Å². The van der Waals surface area contributed by atoms with Gasteiger partial charge in [-0.25, -0.2) is 0 Å². The highest BCUT2D eigenvalue weighted by molar-refractivity contribution is 5.95. The first-order chi connectivity index (χ1) is 11.5. The zero-order valence-corrected chi connectivity index (χ0v) is 15.6. The molecule has 1 heterocycles. The van der Waals surface area contributed by atoms with Gasteiger partial charge in [-0.2, -0.15) is 0 Å². The minimum absolute atomic E-state index is 0. The molecule has 0 bridgehead atoms. The smallest absolute Gasteiger partial charge is 0.251 e. The van der Waals surface area contributed by atoms with Gasteiger partial charge < -0.3 is 16.0 Å². The number of benzene rings is 1. The zero-order chi connectivity index (χ0) is 17.1. The predicted octanol–water partition coefficient (Wildman–Crippen LogP) is 2.27. The Morgan fingerprint density at radius 2 is 1.80 bits per heavy atom. The van der Waals surface area contributed by atoms with Gasteiger partial charge >= 0.3 is 0 Å². The Kier molecular flexibility index (Phi) is 6.85. The minimum Gasteiger partial charge on any atom is -0.349 e. The van der Waals surface area contributed by atoms with Crippen LogP contribution < -0.4 is 11.1 Å². The number of piperidine rings is 1. The largest absolute Gasteiger partial charge is 0.349 e. The van der Waals surface area contributed by atoms with Crippen LogP contribution in [0.5, 0.6) is 0 Å². The third-order valence-corrected chi connectivity index (χ3v) is 5.35. The molecular formula is C19H28ClN3O2. The van der Waals surface area contributed by atoms with Crippen molar-refractivity contribution in [2.45, 2.75) is 51.1 Å². The van der Waals surface area contributed by atoms with Crippen LogP contribution in [-0.4, -0.2) is 41.9 Å². The van der Waals surface area contributed by atoms with E-state index in [2.05, 4.69) is 5.32 Å². The summed E-state index contributed by atoms with van der Waals surface area (Å²) in [4.78, 5) is 26.9. The number of hydrogen-bond donors (Lipinski definition) is 2. The molecule has 138 valence electrons. The van der Waals surface area contributed by atoms with Crippen molar-refractivity contribution < 1.29 is 9.59 Å². The van der Waals surface area contributed by atoms with Gasteiger partial charge in [-0.15, -0.1) is 12.4 Å². The van der Waals surface area contributed by atoms with E-state index in [1.165, 1.54) is 0 Å². The maximum Gasteiger partial charge on any atom is 0.251 e. The first-order valence-corrected chi connectivity index (χ1v) is 8.95. The lowest BCUT2D eigenvalue weighted by Gasteiger charge is -2.34. The Labute approximate surface area is 155 Å². The summed E-state index contributed by atoms with van der Waals surface area (Å²) in [5.74, 6) is 0.351. The standard InChI is InChI=1S/C19H27N3O2.ClH/c1-13-4-2-3-5-17(13)18(23)21-16-8-10-22(11-9-16)19(24)14-6-7-15(20)12-14;/h2-5,14-16H,6-12,20H2,1H3,(H,21,23);1H. The monoisotopic (exact) mass is 365 g/mol. The molecule has 1 aliphatic heterocycles. The Hall–Kier alpha value is -1.59. The molecule has 0 radical (unpaired) electrons. The molecule has 2 fully saturated rings. The molecule has 25 heavy (non-hydrogen) atoms. The number of aryl methyl sites for hydroxylation is 1. The number of nitrogens with one attached hydrogen (secondary N) is 1. The number of nitrogens with two attached hydrogens (primary N) is 1. The van der Waals surface area contributed by atoms with Crippen molar-refractivity contribution in [2.24, 2.45) is 11.7 Å². The second kappa shape index (κ2) is 8.68. The Morgan fingerprint density at radius 3 is 2.40 bits per heavy atom. The van der Waals surface area contributed by atoms with Gasteiger partial charge in [-0.05, 0) is 50.7 Å². The highest BCUT2D eigenvalue weighted by Gasteiger charge is 2.33. The van der Waals surface area contributed by atoms with Crippen LogP contribution in [0.25, 0.3) is 0 Å². The van der Waals surface area contributed by atoms with Gasteiger partial charge in [0, 0.05) is 36.7 Å². The molecule has 1 aromatic rings. The quantitative estimate of drug-likeness (QED) is 0.862. The van der Waals surface area contributed by atoms with Gasteiger partial charge in [0.05, 0.1) is 0 Å². The molecule has 1 aromatic carbocycles. The number of rotatable bonds is 3. The molecule has 1 aliphatic carbocycles. The normalized spacial score (nSPS) is 23.8. The number of carbonyl (C=O) groups excluding carboxylic acids is 2. The van der Waals surface area contributed by atoms with Crippen LogP contribution >= 0.6 is 12.4 Å². The van der Waals surface area contributed by atoms with E-state index in [-0.39, 0.29) is 42.2 Å². The molecule has 0 spiro atoms. The fourth-order valence-corrected chi connectivity index (χ4v) is 3.83. The number of amides is 2. The van der Waals surface area contributed by atoms with Crippen molar-refractivity contribution in [1.82, 2.24) is 10.2 Å². The Balaban J connectivity index is 0.00000225. The van der Waals surface area contributed by atoms with E-state index >= 15 is 0 Å². The van der Waals surface area contributed by atoms with Crippen LogP contribution in [-0.2, 0) is 4.79 Å². The van der Waals surface area contributed by atoms with Crippen molar-refractivity contribution in [2.75, 3.05) is 13.1 Å². The van der Waals surface area contributed by atoms with Gasteiger partial charge in [-0.3, -0.25) is 9.59 Å². The van der Waals surface area contributed by atoms with Gasteiger partial charge in [0.25, 0.3) is 5.91 Å². The van der Waals surface area contributed by atoms with Crippen molar-refractivity contribution >= 4 is 24.2 Å². The number of nitrogens with zero attached hydrogens (tertiary/aromatic N) is 1. The molecule has 2 unspecified atom stereocenters. The summed E-state index contributed by atoms with van der Waals surface area (Å²) in [6.45, 7) is 3.40. The molecule has 5 nitrogen and oxygen atoms in total. The van der Waals surface area contributed by atoms with E-state index in [9.17, 15) is 9.59 Å². The molecule has 3 rings (SSSR count). The van der Waals surface area contributed by atoms with Crippen LogP contribution in [0.4, 0.5) is 0 Å². The fraction of sp³-hybridized carbons (Fsp3) is 0.579. The number of hydrogen-bond acceptors (Lipinski definition) is 3. The van der Waals surface area contributed by atoms with Crippen LogP contribution in [0, 0.1) is 12.8 Å². The Morgan fingerprint density at radius 1 is 1.12 bits per heavy atom. The van der Waals surface area contributed by atoms with Crippen LogP contribution in [0.3, 0.4) is 0 Å². The van der Waals surface area contributed by atoms with Crippen LogP contribution in [0.1, 0.15) is 48.0 Å². The van der Waals surface area contributed by atoms with Crippen LogP contribution in [0.2, 0.25) is 0 Å². The highest BCUT2D eigenvalue weighted by Crippen LogP contribution is 2.27. The van der Waals surface area contributed by atoms with Crippen molar-refractivity contribution in [3.8, 4) is 0 Å². The summed E-state index contributed by atoms with van der Waals surface area (Å²) >= 11 is 0. The van der Waals surface area contributed by atoms with E-state index in [1.54, 1.807) is 0 Å². The molecule has 2 atom stereocenters. The third kappa shape index (κ3) is 4.73. The molecular weight excluding hydrogens is 338 g/mol. The molecule has 1 saturated heterocycles. The van der Waals surface area contributed by atoms with E-state index < -0.39 is 0 Å². The average Bonchev–Trinajstić information content (AvgIpc) is 3.02. The van der Waals surface area contributed by atoms with Crippen molar-refractivity contribution in [3.63, 3.8) is 0 Å². The lowest BCUT2D eigenvalue weighted by atomic mass is 10.00. The number of carbonyl (C=O) groups is 2. The first kappa shape index (κ1) is 19.7. The predicted molar refractivity (Wildman–Crippen MR) is 101 cm³/mol. The van der Waals surface area contributed by atoms with Crippen LogP contribution in [0.15, 0.2) is 24.3 Å². The maximum absolute atomic E-state index is 12.5. The summed E-state index contributed by atoms with van der Waals surface area (Å²) in [6.07, 6.45) is 4.34. The van der Waals surface area contributed by atoms with E-state index in [0.717, 1.165) is 56.3 Å². The van der Waals surface area contributed by atoms with Gasteiger partial charge in [-0.1, -0.05) is 18.2 Å². The lowest BCUT2D eigenvalue weighted by molar-refractivity contribution is -0.136. The lowest BCUT2D eigenvalue weighted by Crippen LogP contribution is -2.48. The Bertz CT molecular complexity index is 614. The second-order valence-corrected chi connectivity index (χ2v) is 7.16. The summed E-state index contributed by atoms with van der Waals surface area (Å²) in [5, 5.41) is 3.12. The van der Waals surface area contributed by atoms with Crippen molar-refractivity contribution in [3.05, 3.63) is 35.4 Å². The summed E-state index contributed by atoms with van der Waals surface area (Å²) in [6, 6.07) is 7.95. The van der Waals surface area contributed by atoms with E-state index in [1.807, 2.05) is 36.1 Å². The summed E-state index contributed by atoms with van der Waals surface area (Å²) in [7, 11) is 0. The SMILES string of the molecule is Cc1ccccc1C(=O)NC1CCN(C(=O)C2CCC(N)C2)CC1.Cl. The molecule has 0 aromatic heterocycles. The summed E-state index contributed by atoms with van der Waals surface area (Å²) in [5.41, 5.74) is 7.64.